The summed E-state index contributed by atoms with van der Waals surface area (Å²) < 4.78 is 41.4. The molecule has 0 saturated carbocycles. The largest absolute Gasteiger partial charge is 0.490 e. The fourth-order valence-electron chi connectivity index (χ4n) is 0.575. The average molecular weight is 332 g/mol. The minimum Gasteiger partial charge on any atom is -0.460 e. The van der Waals surface area contributed by atoms with Gasteiger partial charge in [-0.25, -0.2) is 4.79 Å². The van der Waals surface area contributed by atoms with Crippen LogP contribution in [0.2, 0.25) is 0 Å². The van der Waals surface area contributed by atoms with Gasteiger partial charge in [-0.3, -0.25) is 4.79 Å². The summed E-state index contributed by atoms with van der Waals surface area (Å²) in [4.78, 5) is 21.3. The molecule has 0 saturated heterocycles. The van der Waals surface area contributed by atoms with Gasteiger partial charge in [-0.1, -0.05) is 34.8 Å². The highest BCUT2D eigenvalue weighted by Gasteiger charge is 2.41. The summed E-state index contributed by atoms with van der Waals surface area (Å²) in [5.74, 6) is -3.64. The number of carbonyl (C=O) groups is 2. The summed E-state index contributed by atoms with van der Waals surface area (Å²) in [7, 11) is 0. The molecule has 106 valence electrons. The highest BCUT2D eigenvalue weighted by Crippen LogP contribution is 2.26. The molecule has 0 aromatic rings. The van der Waals surface area contributed by atoms with E-state index < -0.39 is 41.2 Å². The fraction of sp³-hybridized carbons (Fsp3) is 0.714. The summed E-state index contributed by atoms with van der Waals surface area (Å²) in [5, 5.41) is 0. The Hall–Kier alpha value is -0.440. The van der Waals surface area contributed by atoms with Crippen molar-refractivity contribution in [2.75, 3.05) is 13.2 Å². The zero-order chi connectivity index (χ0) is 14.6. The maximum atomic E-state index is 11.7. The van der Waals surface area contributed by atoms with Gasteiger partial charge in [0.1, 0.15) is 19.3 Å². The van der Waals surface area contributed by atoms with Crippen LogP contribution in [0.3, 0.4) is 0 Å². The molecule has 0 amide bonds. The van der Waals surface area contributed by atoms with Crippen LogP contribution in [-0.4, -0.2) is 41.2 Å². The van der Waals surface area contributed by atoms with Crippen LogP contribution in [0.4, 0.5) is 13.2 Å². The Balaban J connectivity index is 4.07. The van der Waals surface area contributed by atoms with Crippen LogP contribution in [0, 0.1) is 0 Å². The van der Waals surface area contributed by atoms with Crippen LogP contribution in [0.1, 0.15) is 0 Å². The van der Waals surface area contributed by atoms with Gasteiger partial charge in [-0.15, -0.1) is 0 Å². The van der Waals surface area contributed by atoms with Crippen molar-refractivity contribution in [3.63, 3.8) is 0 Å². The second-order valence-corrected chi connectivity index (χ2v) is 5.44. The molecular weight excluding hydrogens is 325 g/mol. The quantitative estimate of drug-likeness (QED) is 0.621. The topological polar surface area (TPSA) is 78.6 Å². The van der Waals surface area contributed by atoms with E-state index in [1.54, 1.807) is 0 Å². The zero-order valence-corrected chi connectivity index (χ0v) is 10.7. The van der Waals surface area contributed by atoms with E-state index in [9.17, 15) is 22.8 Å². The molecular formula is C7H7Cl3F3NO4. The third-order valence-corrected chi connectivity index (χ3v) is 1.63. The molecule has 0 aromatic heterocycles. The molecule has 0 bridgehead atoms. The van der Waals surface area contributed by atoms with Gasteiger partial charge in [0, 0.05) is 0 Å². The normalized spacial score (nSPS) is 13.9. The molecule has 0 aliphatic rings. The average Bonchev–Trinajstić information content (AvgIpc) is 2.19. The highest BCUT2D eigenvalue weighted by atomic mass is 35.6. The van der Waals surface area contributed by atoms with E-state index in [1.807, 2.05) is 0 Å². The first-order valence-electron chi connectivity index (χ1n) is 4.16. The molecule has 0 radical (unpaired) electrons. The smallest absolute Gasteiger partial charge is 0.460 e. The number of alkyl halides is 6. The number of rotatable bonds is 4. The van der Waals surface area contributed by atoms with Crippen molar-refractivity contribution in [2.45, 2.75) is 16.0 Å². The predicted molar refractivity (Wildman–Crippen MR) is 56.2 cm³/mol. The lowest BCUT2D eigenvalue weighted by Crippen LogP contribution is -2.40. The van der Waals surface area contributed by atoms with Crippen molar-refractivity contribution in [3.05, 3.63) is 0 Å². The summed E-state index contributed by atoms with van der Waals surface area (Å²) >= 11 is 15.7. The van der Waals surface area contributed by atoms with Crippen LogP contribution in [0.5, 0.6) is 0 Å². The predicted octanol–water partition coefficient (Wildman–Crippen LogP) is 1.33. The molecule has 2 N–H and O–H groups in total. The van der Waals surface area contributed by atoms with Crippen LogP contribution in [0.25, 0.3) is 0 Å². The molecule has 11 heteroatoms. The molecule has 0 aromatic carbocycles. The number of nitrogens with two attached hydrogens (primary N) is 1. The maximum Gasteiger partial charge on any atom is 0.490 e. The monoisotopic (exact) mass is 331 g/mol. The van der Waals surface area contributed by atoms with Crippen LogP contribution in [0.15, 0.2) is 0 Å². The first kappa shape index (κ1) is 17.6. The standard InChI is InChI=1S/C7H7Cl3F3NO4/c8-6(9,10)2-18-4(15)3(14)1-17-5(16)7(11,12)13/h3H,1-2,14H2/t3-/m0/s1. The van der Waals surface area contributed by atoms with E-state index in [0.29, 0.717) is 0 Å². The number of halogens is 6. The Bertz CT molecular complexity index is 318. The van der Waals surface area contributed by atoms with E-state index in [2.05, 4.69) is 9.47 Å². The van der Waals surface area contributed by atoms with Gasteiger partial charge in [0.05, 0.1) is 0 Å². The molecule has 0 fully saturated rings. The van der Waals surface area contributed by atoms with Crippen LogP contribution >= 0.6 is 34.8 Å². The van der Waals surface area contributed by atoms with Crippen molar-refractivity contribution in [3.8, 4) is 0 Å². The summed E-state index contributed by atoms with van der Waals surface area (Å²) in [6, 6.07) is -1.61. The van der Waals surface area contributed by atoms with Gasteiger partial charge in [0.25, 0.3) is 0 Å². The lowest BCUT2D eigenvalue weighted by Gasteiger charge is -2.15. The highest BCUT2D eigenvalue weighted by molar-refractivity contribution is 6.67. The lowest BCUT2D eigenvalue weighted by molar-refractivity contribution is -0.200. The Morgan fingerprint density at radius 1 is 1.17 bits per heavy atom. The Morgan fingerprint density at radius 2 is 1.67 bits per heavy atom. The Labute approximate surface area is 114 Å². The molecule has 0 unspecified atom stereocenters. The Kier molecular flexibility index (Phi) is 6.48. The van der Waals surface area contributed by atoms with Crippen molar-refractivity contribution >= 4 is 46.7 Å². The van der Waals surface area contributed by atoms with Gasteiger partial charge in [0.15, 0.2) is 0 Å². The fourth-order valence-corrected chi connectivity index (χ4v) is 0.739. The Morgan fingerprint density at radius 3 is 2.06 bits per heavy atom. The third-order valence-electron chi connectivity index (χ3n) is 1.31. The third kappa shape index (κ3) is 7.80. The first-order valence-corrected chi connectivity index (χ1v) is 5.30. The van der Waals surface area contributed by atoms with Crippen molar-refractivity contribution in [1.82, 2.24) is 0 Å². The second kappa shape index (κ2) is 6.65. The maximum absolute atomic E-state index is 11.7. The van der Waals surface area contributed by atoms with Gasteiger partial charge < -0.3 is 15.2 Å². The van der Waals surface area contributed by atoms with Crippen molar-refractivity contribution in [2.24, 2.45) is 5.73 Å². The summed E-state index contributed by atoms with van der Waals surface area (Å²) in [6.45, 7) is -1.64. The molecule has 1 atom stereocenters. The van der Waals surface area contributed by atoms with Gasteiger partial charge in [-0.2, -0.15) is 13.2 Å². The molecule has 18 heavy (non-hydrogen) atoms. The van der Waals surface area contributed by atoms with Crippen molar-refractivity contribution < 1.29 is 32.2 Å². The number of hydrogen-bond donors (Lipinski definition) is 1. The van der Waals surface area contributed by atoms with Crippen molar-refractivity contribution in [1.29, 1.82) is 0 Å². The first-order chi connectivity index (χ1) is 7.93. The van der Waals surface area contributed by atoms with E-state index >= 15 is 0 Å². The van der Waals surface area contributed by atoms with E-state index in [-0.39, 0.29) is 0 Å². The lowest BCUT2D eigenvalue weighted by atomic mass is 10.3. The van der Waals surface area contributed by atoms with Gasteiger partial charge in [-0.05, 0) is 0 Å². The number of hydrogen-bond acceptors (Lipinski definition) is 5. The molecule has 0 spiro atoms. The minimum atomic E-state index is -5.17. The molecule has 0 heterocycles. The zero-order valence-electron chi connectivity index (χ0n) is 8.47. The number of carbonyl (C=O) groups excluding carboxylic acids is 2. The molecule has 0 aliphatic carbocycles. The van der Waals surface area contributed by atoms with Gasteiger partial charge in [0.2, 0.25) is 3.79 Å². The SMILES string of the molecule is N[C@@H](COC(=O)C(F)(F)F)C(=O)OCC(Cl)(Cl)Cl. The van der Waals surface area contributed by atoms with Crippen LogP contribution in [-0.2, 0) is 19.1 Å². The minimum absolute atomic E-state index is 0.641. The summed E-state index contributed by atoms with van der Waals surface area (Å²) in [6.07, 6.45) is -5.17. The molecule has 0 rings (SSSR count). The second-order valence-electron chi connectivity index (χ2n) is 2.93. The number of esters is 2. The van der Waals surface area contributed by atoms with E-state index in [4.69, 9.17) is 40.5 Å². The van der Waals surface area contributed by atoms with E-state index in [1.165, 1.54) is 0 Å². The molecule has 0 aliphatic heterocycles. The van der Waals surface area contributed by atoms with Gasteiger partial charge >= 0.3 is 18.1 Å². The summed E-state index contributed by atoms with van der Waals surface area (Å²) in [5.41, 5.74) is 5.09. The molecule has 5 nitrogen and oxygen atoms in total. The number of ether oxygens (including phenoxy) is 2. The van der Waals surface area contributed by atoms with E-state index in [0.717, 1.165) is 0 Å². The van der Waals surface area contributed by atoms with Crippen LogP contribution < -0.4 is 5.73 Å².